The summed E-state index contributed by atoms with van der Waals surface area (Å²) in [6, 6.07) is 3.34. The minimum Gasteiger partial charge on any atom is -0.306 e. The van der Waals surface area contributed by atoms with Crippen LogP contribution in [-0.4, -0.2) is 62.0 Å². The van der Waals surface area contributed by atoms with Crippen molar-refractivity contribution >= 4 is 28.6 Å². The number of nitrogens with one attached hydrogen (secondary N) is 1. The monoisotopic (exact) mass is 473 g/mol. The van der Waals surface area contributed by atoms with Gasteiger partial charge in [0.1, 0.15) is 5.54 Å². The fourth-order valence-corrected chi connectivity index (χ4v) is 4.65. The normalized spacial score (nSPS) is 22.1. The molecule has 3 amide bonds. The second-order valence-electron chi connectivity index (χ2n) is 7.70. The molecule has 2 fully saturated rings. The van der Waals surface area contributed by atoms with Gasteiger partial charge in [0, 0.05) is 26.2 Å². The highest BCUT2D eigenvalue weighted by Crippen LogP contribution is 2.41. The first kappa shape index (κ1) is 24.0. The van der Waals surface area contributed by atoms with Crippen molar-refractivity contribution in [3.05, 3.63) is 41.5 Å². The Balaban J connectivity index is 1.81. The Bertz CT molecular complexity index is 1010. The largest absolute Gasteiger partial charge is 0.417 e. The number of urea groups is 1. The van der Waals surface area contributed by atoms with E-state index in [4.69, 9.17) is 5.26 Å². The van der Waals surface area contributed by atoms with Crippen molar-refractivity contribution in [3.8, 4) is 6.07 Å². The smallest absolute Gasteiger partial charge is 0.306 e. The summed E-state index contributed by atoms with van der Waals surface area (Å²) in [6.45, 7) is 3.98. The first-order valence-electron chi connectivity index (χ1n) is 9.51. The number of imide groups is 1. The Kier molecular flexibility index (Phi) is 6.29. The molecule has 2 aliphatic rings. The number of alkyl halides is 3. The second kappa shape index (κ2) is 8.38. The first-order valence-corrected chi connectivity index (χ1v) is 11.0. The lowest BCUT2D eigenvalue weighted by molar-refractivity contribution is -0.137. The Morgan fingerprint density at radius 2 is 1.91 bits per heavy atom. The van der Waals surface area contributed by atoms with E-state index < -0.39 is 45.7 Å². The number of nitrogens with zero attached hydrogens (tertiary/aromatic N) is 4. The zero-order valence-electron chi connectivity index (χ0n) is 17.3. The number of benzene rings is 1. The topological polar surface area (TPSA) is 120 Å². The molecule has 0 atom stereocenters. The van der Waals surface area contributed by atoms with Gasteiger partial charge >= 0.3 is 12.2 Å². The second-order valence-corrected chi connectivity index (χ2v) is 9.55. The molecule has 0 bridgehead atoms. The molecule has 0 radical (unpaired) electrons. The highest BCUT2D eigenvalue weighted by Gasteiger charge is 2.51. The van der Waals surface area contributed by atoms with E-state index in [-0.39, 0.29) is 18.8 Å². The Morgan fingerprint density at radius 3 is 2.47 bits per heavy atom. The van der Waals surface area contributed by atoms with Crippen LogP contribution in [0.25, 0.3) is 0 Å². The number of halogens is 3. The summed E-state index contributed by atoms with van der Waals surface area (Å²) in [5.41, 5.74) is -3.44. The van der Waals surface area contributed by atoms with Gasteiger partial charge in [0.25, 0.3) is 5.91 Å². The third-order valence-corrected chi connectivity index (χ3v) is 6.93. The fraction of sp³-hybridized carbons (Fsp3) is 0.421. The molecule has 0 aliphatic carbocycles. The van der Waals surface area contributed by atoms with Crippen molar-refractivity contribution < 1.29 is 31.9 Å². The third-order valence-electron chi connectivity index (χ3n) is 5.29. The Hall–Kier alpha value is -2.63. The zero-order chi connectivity index (χ0) is 23.9. The van der Waals surface area contributed by atoms with Gasteiger partial charge in [-0.2, -0.15) is 22.7 Å². The average Bonchev–Trinajstić information content (AvgIpc) is 3.12. The number of hydrogen-bond acceptors (Lipinski definition) is 7. The average molecular weight is 473 g/mol. The van der Waals surface area contributed by atoms with Gasteiger partial charge in [-0.25, -0.2) is 14.4 Å². The Morgan fingerprint density at radius 1 is 1.25 bits per heavy atom. The minimum atomic E-state index is -4.83. The highest BCUT2D eigenvalue weighted by atomic mass is 32.3. The van der Waals surface area contributed by atoms with Crippen LogP contribution in [0.3, 0.4) is 0 Å². The van der Waals surface area contributed by atoms with Crippen LogP contribution >= 0.6 is 11.0 Å². The molecule has 2 aliphatic heterocycles. The van der Waals surface area contributed by atoms with Crippen LogP contribution in [0.2, 0.25) is 0 Å². The van der Waals surface area contributed by atoms with E-state index in [9.17, 15) is 31.9 Å². The number of amides is 3. The van der Waals surface area contributed by atoms with Crippen LogP contribution in [0.15, 0.2) is 30.4 Å². The number of hydrogen-bond donors (Lipinski definition) is 3. The van der Waals surface area contributed by atoms with Crippen LogP contribution in [0.4, 0.5) is 23.7 Å². The summed E-state index contributed by atoms with van der Waals surface area (Å²) in [7, 11) is -3.02. The van der Waals surface area contributed by atoms with Crippen molar-refractivity contribution in [1.29, 1.82) is 5.26 Å². The molecule has 2 saturated heterocycles. The molecule has 0 saturated carbocycles. The molecule has 0 spiro atoms. The van der Waals surface area contributed by atoms with E-state index in [2.05, 4.69) is 4.72 Å². The van der Waals surface area contributed by atoms with E-state index in [1.54, 1.807) is 12.2 Å². The van der Waals surface area contributed by atoms with Gasteiger partial charge in [0.2, 0.25) is 0 Å². The van der Waals surface area contributed by atoms with Gasteiger partial charge in [0.05, 0.1) is 22.9 Å². The first-order chi connectivity index (χ1) is 14.8. The molecule has 1 aromatic rings. The number of carbonyl (C=O) groups excluding carboxylic acids is 2. The van der Waals surface area contributed by atoms with Crippen molar-refractivity contribution in [1.82, 2.24) is 13.9 Å². The van der Waals surface area contributed by atoms with Crippen LogP contribution in [0.5, 0.6) is 0 Å². The third kappa shape index (κ3) is 4.32. The van der Waals surface area contributed by atoms with Crippen LogP contribution in [0, 0.1) is 11.3 Å². The highest BCUT2D eigenvalue weighted by molar-refractivity contribution is 8.20. The fourth-order valence-electron chi connectivity index (χ4n) is 3.47. The van der Waals surface area contributed by atoms with Gasteiger partial charge in [0.15, 0.2) is 0 Å². The lowest BCUT2D eigenvalue weighted by Crippen LogP contribution is -2.44. The molecule has 3 rings (SSSR count). The molecule has 174 valence electrons. The summed E-state index contributed by atoms with van der Waals surface area (Å²) in [5.74, 6) is -0.702. The number of anilines is 1. The lowest BCUT2D eigenvalue weighted by atomic mass is 10.0. The van der Waals surface area contributed by atoms with Gasteiger partial charge in [-0.15, -0.1) is 0 Å². The summed E-state index contributed by atoms with van der Waals surface area (Å²) < 4.78 is 63.5. The Labute approximate surface area is 184 Å². The number of rotatable bonds is 5. The quantitative estimate of drug-likeness (QED) is 0.444. The standard InChI is InChI=1S/C19H22F3N5O4S/c1-18(2)16(28)27(14-6-5-13(12-23)15(11-14)19(20,21)22)17(29)26(18)9-4-3-8-25-10-7-24-32(25,30)31/h3-6,11,24,30-31H,7-10H2,1-2H3/b4-3-. The molecule has 0 aromatic heterocycles. The van der Waals surface area contributed by atoms with Gasteiger partial charge in [-0.05, 0) is 32.0 Å². The zero-order valence-corrected chi connectivity index (χ0v) is 18.1. The number of nitriles is 1. The van der Waals surface area contributed by atoms with Crippen LogP contribution in [0.1, 0.15) is 25.0 Å². The van der Waals surface area contributed by atoms with E-state index in [0.29, 0.717) is 24.1 Å². The van der Waals surface area contributed by atoms with Gasteiger partial charge in [-0.1, -0.05) is 23.1 Å². The maximum atomic E-state index is 13.3. The molecule has 1 aromatic carbocycles. The minimum absolute atomic E-state index is 0.0169. The van der Waals surface area contributed by atoms with Crippen molar-refractivity contribution in [2.75, 3.05) is 31.1 Å². The molecular formula is C19H22F3N5O4S. The summed E-state index contributed by atoms with van der Waals surface area (Å²) in [6.07, 6.45) is -1.64. The van der Waals surface area contributed by atoms with Crippen molar-refractivity contribution in [2.45, 2.75) is 25.6 Å². The number of carbonyl (C=O) groups is 2. The summed E-state index contributed by atoms with van der Waals surface area (Å²) >= 11 is 0. The van der Waals surface area contributed by atoms with Gasteiger partial charge in [-0.3, -0.25) is 13.9 Å². The molecule has 2 heterocycles. The maximum absolute atomic E-state index is 13.3. The van der Waals surface area contributed by atoms with Crippen LogP contribution < -0.4 is 9.62 Å². The maximum Gasteiger partial charge on any atom is 0.417 e. The van der Waals surface area contributed by atoms with Crippen LogP contribution in [-0.2, 0) is 11.0 Å². The molecule has 0 unspecified atom stereocenters. The van der Waals surface area contributed by atoms with Crippen molar-refractivity contribution in [2.24, 2.45) is 0 Å². The molecule has 32 heavy (non-hydrogen) atoms. The molecule has 9 nitrogen and oxygen atoms in total. The molecular weight excluding hydrogens is 451 g/mol. The summed E-state index contributed by atoms with van der Waals surface area (Å²) in [5, 5.41) is 8.95. The predicted octanol–water partition coefficient (Wildman–Crippen LogP) is 3.17. The lowest BCUT2D eigenvalue weighted by Gasteiger charge is -2.35. The molecule has 13 heteroatoms. The van der Waals surface area contributed by atoms with Gasteiger partial charge < -0.3 is 4.90 Å². The van der Waals surface area contributed by atoms with E-state index in [0.717, 1.165) is 12.1 Å². The van der Waals surface area contributed by atoms with E-state index in [1.807, 2.05) is 0 Å². The SMILES string of the molecule is CC1(C)C(=O)N(c2ccc(C#N)c(C(F)(F)F)c2)C(=O)N1C/C=C\CN1CCNS1(O)O. The van der Waals surface area contributed by atoms with E-state index >= 15 is 0 Å². The van der Waals surface area contributed by atoms with E-state index in [1.165, 1.54) is 29.1 Å². The summed E-state index contributed by atoms with van der Waals surface area (Å²) in [4.78, 5) is 27.7. The van der Waals surface area contributed by atoms with Crippen molar-refractivity contribution in [3.63, 3.8) is 0 Å². The predicted molar refractivity (Wildman–Crippen MR) is 111 cm³/mol. The molecule has 3 N–H and O–H groups in total.